The smallest absolute Gasteiger partial charge is 0.253 e. The average Bonchev–Trinajstić information content (AvgIpc) is 2.89. The van der Waals surface area contributed by atoms with Crippen LogP contribution in [0.4, 0.5) is 11.9 Å². The number of nitrogens with zero attached hydrogens (tertiary/aromatic N) is 7. The number of likely N-dealkylation sites (N-methyl/N-ethyl adjacent to an activating group) is 1. The van der Waals surface area contributed by atoms with Crippen LogP contribution >= 0.6 is 0 Å². The van der Waals surface area contributed by atoms with E-state index in [0.29, 0.717) is 43.5 Å². The summed E-state index contributed by atoms with van der Waals surface area (Å²) in [5, 5.41) is 0. The Kier molecular flexibility index (Phi) is 6.33. The molecule has 2 aliphatic heterocycles. The molecule has 10 nitrogen and oxygen atoms in total. The van der Waals surface area contributed by atoms with Gasteiger partial charge in [0.25, 0.3) is 5.91 Å². The number of anilines is 2. The molecule has 5 rings (SSSR count). The summed E-state index contributed by atoms with van der Waals surface area (Å²) in [6, 6.07) is 9.55. The molecule has 176 valence electrons. The van der Waals surface area contributed by atoms with Gasteiger partial charge >= 0.3 is 0 Å². The number of nitrogen functional groups attached to an aromatic ring is 1. The summed E-state index contributed by atoms with van der Waals surface area (Å²) in [5.74, 6) is 0.870. The van der Waals surface area contributed by atoms with Crippen molar-refractivity contribution in [3.8, 4) is 22.5 Å². The third-order valence-corrected chi connectivity index (χ3v) is 6.17. The molecule has 1 amide bonds. The van der Waals surface area contributed by atoms with Gasteiger partial charge in [-0.15, -0.1) is 0 Å². The largest absolute Gasteiger partial charge is 0.378 e. The molecule has 1 aromatic carbocycles. The monoisotopic (exact) mass is 460 g/mol. The van der Waals surface area contributed by atoms with E-state index < -0.39 is 0 Å². The summed E-state index contributed by atoms with van der Waals surface area (Å²) in [7, 11) is 2.08. The number of ether oxygens (including phenoxy) is 1. The van der Waals surface area contributed by atoms with Crippen LogP contribution in [0.5, 0.6) is 0 Å². The van der Waals surface area contributed by atoms with Crippen LogP contribution in [0.1, 0.15) is 10.4 Å². The normalized spacial score (nSPS) is 17.1. The lowest BCUT2D eigenvalue weighted by atomic mass is 10.1. The lowest BCUT2D eigenvalue weighted by Crippen LogP contribution is -2.47. The van der Waals surface area contributed by atoms with Crippen molar-refractivity contribution in [2.24, 2.45) is 0 Å². The summed E-state index contributed by atoms with van der Waals surface area (Å²) >= 11 is 0. The molecule has 0 spiro atoms. The van der Waals surface area contributed by atoms with E-state index in [1.165, 1.54) is 0 Å². The second-order valence-corrected chi connectivity index (χ2v) is 8.54. The second kappa shape index (κ2) is 9.70. The van der Waals surface area contributed by atoms with Crippen molar-refractivity contribution in [2.75, 3.05) is 70.2 Å². The first-order chi connectivity index (χ1) is 16.6. The quantitative estimate of drug-likeness (QED) is 0.617. The Balaban J connectivity index is 1.51. The Labute approximate surface area is 198 Å². The molecule has 0 unspecified atom stereocenters. The summed E-state index contributed by atoms with van der Waals surface area (Å²) < 4.78 is 5.49. The standard InChI is InChI=1S/C24H28N8O2/c1-30-5-7-31(8-6-30)22(33)18-4-2-3-17(13-18)20-14-21(19-15-26-23(25)27-16-19)29-24(28-20)32-9-11-34-12-10-32/h2-4,13-16H,5-12H2,1H3,(H2,25,26,27). The fourth-order valence-electron chi connectivity index (χ4n) is 4.11. The van der Waals surface area contributed by atoms with Gasteiger partial charge in [-0.25, -0.2) is 19.9 Å². The number of hydrogen-bond acceptors (Lipinski definition) is 9. The van der Waals surface area contributed by atoms with Crippen LogP contribution < -0.4 is 10.6 Å². The number of nitrogens with two attached hydrogens (primary N) is 1. The maximum atomic E-state index is 13.1. The summed E-state index contributed by atoms with van der Waals surface area (Å²) in [4.78, 5) is 37.3. The van der Waals surface area contributed by atoms with E-state index in [1.54, 1.807) is 12.4 Å². The molecule has 2 aromatic heterocycles. The molecule has 4 heterocycles. The fourth-order valence-corrected chi connectivity index (χ4v) is 4.11. The maximum absolute atomic E-state index is 13.1. The minimum Gasteiger partial charge on any atom is -0.378 e. The van der Waals surface area contributed by atoms with Crippen molar-refractivity contribution in [3.05, 3.63) is 48.3 Å². The Morgan fingerprint density at radius 1 is 0.912 bits per heavy atom. The molecule has 0 saturated carbocycles. The number of hydrogen-bond donors (Lipinski definition) is 1. The molecule has 10 heteroatoms. The van der Waals surface area contributed by atoms with Gasteiger partial charge in [-0.05, 0) is 25.2 Å². The molecule has 0 radical (unpaired) electrons. The van der Waals surface area contributed by atoms with Crippen LogP contribution in [-0.2, 0) is 4.74 Å². The number of morpholine rings is 1. The number of carbonyl (C=O) groups excluding carboxylic acids is 1. The van der Waals surface area contributed by atoms with Crippen LogP contribution in [0, 0.1) is 0 Å². The molecule has 34 heavy (non-hydrogen) atoms. The second-order valence-electron chi connectivity index (χ2n) is 8.54. The first-order valence-corrected chi connectivity index (χ1v) is 11.4. The van der Waals surface area contributed by atoms with Crippen LogP contribution in [0.25, 0.3) is 22.5 Å². The van der Waals surface area contributed by atoms with E-state index in [9.17, 15) is 4.79 Å². The SMILES string of the molecule is CN1CCN(C(=O)c2cccc(-c3cc(-c4cnc(N)nc4)nc(N4CCOCC4)n3)c2)CC1. The topological polar surface area (TPSA) is 114 Å². The Hall–Kier alpha value is -3.63. The number of rotatable bonds is 4. The number of carbonyl (C=O) groups is 1. The minimum absolute atomic E-state index is 0.0459. The first kappa shape index (κ1) is 22.2. The molecule has 2 fully saturated rings. The van der Waals surface area contributed by atoms with Crippen LogP contribution in [0.2, 0.25) is 0 Å². The third-order valence-electron chi connectivity index (χ3n) is 6.17. The molecule has 0 aliphatic carbocycles. The molecule has 0 atom stereocenters. The van der Waals surface area contributed by atoms with Gasteiger partial charge in [0.05, 0.1) is 24.6 Å². The zero-order valence-electron chi connectivity index (χ0n) is 19.2. The van der Waals surface area contributed by atoms with Gasteiger partial charge in [-0.2, -0.15) is 0 Å². The molecule has 2 saturated heterocycles. The molecule has 0 bridgehead atoms. The van der Waals surface area contributed by atoms with Crippen molar-refractivity contribution in [3.63, 3.8) is 0 Å². The van der Waals surface area contributed by atoms with Crippen molar-refractivity contribution in [1.29, 1.82) is 0 Å². The van der Waals surface area contributed by atoms with Gasteiger partial charge in [0, 0.05) is 68.4 Å². The van der Waals surface area contributed by atoms with Gasteiger partial charge in [0.15, 0.2) is 0 Å². The zero-order valence-corrected chi connectivity index (χ0v) is 19.2. The van der Waals surface area contributed by atoms with Gasteiger partial charge in [0.2, 0.25) is 11.9 Å². The predicted octanol–water partition coefficient (Wildman–Crippen LogP) is 1.41. The minimum atomic E-state index is 0.0459. The molecule has 2 aliphatic rings. The Morgan fingerprint density at radius 2 is 1.59 bits per heavy atom. The van der Waals surface area contributed by atoms with Gasteiger partial charge in [0.1, 0.15) is 0 Å². The number of aromatic nitrogens is 4. The van der Waals surface area contributed by atoms with E-state index in [2.05, 4.69) is 26.8 Å². The van der Waals surface area contributed by atoms with E-state index in [1.807, 2.05) is 35.2 Å². The predicted molar refractivity (Wildman–Crippen MR) is 129 cm³/mol. The van der Waals surface area contributed by atoms with Crippen molar-refractivity contribution in [2.45, 2.75) is 0 Å². The lowest BCUT2D eigenvalue weighted by Gasteiger charge is -2.32. The van der Waals surface area contributed by atoms with Crippen LogP contribution in [0.15, 0.2) is 42.7 Å². The first-order valence-electron chi connectivity index (χ1n) is 11.4. The lowest BCUT2D eigenvalue weighted by molar-refractivity contribution is 0.0664. The van der Waals surface area contributed by atoms with Crippen molar-refractivity contribution < 1.29 is 9.53 Å². The number of amides is 1. The molecule has 3 aromatic rings. The molecular weight excluding hydrogens is 432 g/mol. The molecule has 2 N–H and O–H groups in total. The van der Waals surface area contributed by atoms with E-state index >= 15 is 0 Å². The molecular formula is C24H28N8O2. The van der Waals surface area contributed by atoms with Crippen LogP contribution in [0.3, 0.4) is 0 Å². The highest BCUT2D eigenvalue weighted by atomic mass is 16.5. The Bertz CT molecular complexity index is 1160. The van der Waals surface area contributed by atoms with Gasteiger partial charge < -0.3 is 25.2 Å². The highest BCUT2D eigenvalue weighted by Gasteiger charge is 2.22. The summed E-state index contributed by atoms with van der Waals surface area (Å²) in [6.07, 6.45) is 3.32. The highest BCUT2D eigenvalue weighted by molar-refractivity contribution is 5.95. The zero-order chi connectivity index (χ0) is 23.5. The van der Waals surface area contributed by atoms with E-state index in [0.717, 1.165) is 43.0 Å². The maximum Gasteiger partial charge on any atom is 0.253 e. The van der Waals surface area contributed by atoms with Crippen LogP contribution in [-0.4, -0.2) is 95.2 Å². The van der Waals surface area contributed by atoms with Crippen molar-refractivity contribution in [1.82, 2.24) is 29.7 Å². The van der Waals surface area contributed by atoms with E-state index in [4.69, 9.17) is 20.4 Å². The fraction of sp³-hybridized carbons (Fsp3) is 0.375. The highest BCUT2D eigenvalue weighted by Crippen LogP contribution is 2.27. The summed E-state index contributed by atoms with van der Waals surface area (Å²) in [6.45, 7) is 5.91. The number of benzene rings is 1. The Morgan fingerprint density at radius 3 is 2.29 bits per heavy atom. The van der Waals surface area contributed by atoms with Gasteiger partial charge in [-0.1, -0.05) is 12.1 Å². The van der Waals surface area contributed by atoms with E-state index in [-0.39, 0.29) is 11.9 Å². The van der Waals surface area contributed by atoms with Gasteiger partial charge in [-0.3, -0.25) is 4.79 Å². The number of piperazine rings is 1. The average molecular weight is 461 g/mol. The third kappa shape index (κ3) is 4.82. The summed E-state index contributed by atoms with van der Waals surface area (Å²) in [5.41, 5.74) is 9.36. The van der Waals surface area contributed by atoms with Crippen molar-refractivity contribution >= 4 is 17.8 Å².